The van der Waals surface area contributed by atoms with Crippen molar-refractivity contribution in [2.45, 2.75) is 6.92 Å². The van der Waals surface area contributed by atoms with E-state index in [1.165, 1.54) is 16.8 Å². The Kier molecular flexibility index (Phi) is 3.87. The maximum absolute atomic E-state index is 4.76. The molecule has 0 N–H and O–H groups in total. The van der Waals surface area contributed by atoms with Gasteiger partial charge in [-0.05, 0) is 36.2 Å². The van der Waals surface area contributed by atoms with Crippen LogP contribution < -0.4 is 4.57 Å². The molecule has 0 aliphatic rings. The van der Waals surface area contributed by atoms with E-state index >= 15 is 0 Å². The Morgan fingerprint density at radius 3 is 2.54 bits per heavy atom. The normalized spacial score (nSPS) is 11.2. The molecule has 3 heteroatoms. The van der Waals surface area contributed by atoms with E-state index in [1.54, 1.807) is 0 Å². The van der Waals surface area contributed by atoms with E-state index in [1.807, 2.05) is 30.6 Å². The number of aryl methyl sites for hydroxylation is 2. The van der Waals surface area contributed by atoms with Crippen molar-refractivity contribution in [2.24, 2.45) is 7.05 Å². The quantitative estimate of drug-likeness (QED) is 0.317. The van der Waals surface area contributed by atoms with Crippen LogP contribution in [0.2, 0.25) is 0 Å². The molecule has 0 radical (unpaired) electrons. The van der Waals surface area contributed by atoms with Gasteiger partial charge in [0.1, 0.15) is 7.05 Å². The lowest BCUT2D eigenvalue weighted by molar-refractivity contribution is -0.660. The first-order valence-corrected chi connectivity index (χ1v) is 9.40. The summed E-state index contributed by atoms with van der Waals surface area (Å²) in [5, 5.41) is 2.25. The molecule has 0 aliphatic heterocycles. The van der Waals surface area contributed by atoms with Gasteiger partial charge in [0.05, 0.1) is 11.0 Å². The number of benzene rings is 2. The van der Waals surface area contributed by atoms with Crippen LogP contribution in [0.3, 0.4) is 0 Å². The smallest absolute Gasteiger partial charge is 0.212 e. The van der Waals surface area contributed by atoms with Crippen molar-refractivity contribution in [3.8, 4) is 22.4 Å². The summed E-state index contributed by atoms with van der Waals surface area (Å²) >= 11 is 0. The lowest BCUT2D eigenvalue weighted by Crippen LogP contribution is -2.30. The number of hydrogen-bond acceptors (Lipinski definition) is 2. The van der Waals surface area contributed by atoms with E-state index in [-0.39, 0.29) is 0 Å². The predicted octanol–water partition coefficient (Wildman–Crippen LogP) is 5.25. The van der Waals surface area contributed by atoms with Crippen LogP contribution in [0.25, 0.3) is 44.2 Å². The largest absolute Gasteiger partial charge is 0.254 e. The maximum Gasteiger partial charge on any atom is 0.212 e. The van der Waals surface area contributed by atoms with Gasteiger partial charge in [-0.1, -0.05) is 36.4 Å². The molecule has 0 spiro atoms. The van der Waals surface area contributed by atoms with Crippen LogP contribution in [0.4, 0.5) is 0 Å². The third-order valence-electron chi connectivity index (χ3n) is 5.33. The molecule has 0 aliphatic carbocycles. The molecule has 0 fully saturated rings. The Bertz CT molecular complexity index is 1340. The Hall–Kier alpha value is -3.59. The van der Waals surface area contributed by atoms with E-state index in [2.05, 4.69) is 78.3 Å². The van der Waals surface area contributed by atoms with Gasteiger partial charge in [-0.25, -0.2) is 4.57 Å². The molecule has 3 aromatic heterocycles. The lowest BCUT2D eigenvalue weighted by atomic mass is 9.98. The van der Waals surface area contributed by atoms with Crippen molar-refractivity contribution in [1.82, 2.24) is 9.97 Å². The van der Waals surface area contributed by atoms with Crippen LogP contribution in [0.1, 0.15) is 5.56 Å². The fourth-order valence-corrected chi connectivity index (χ4v) is 3.76. The molecule has 0 saturated heterocycles. The number of pyridine rings is 3. The van der Waals surface area contributed by atoms with Crippen molar-refractivity contribution < 1.29 is 4.57 Å². The molecule has 0 amide bonds. The molecule has 134 valence electrons. The monoisotopic (exact) mass is 362 g/mol. The molecular formula is C25H20N3+. The van der Waals surface area contributed by atoms with Gasteiger partial charge in [0.15, 0.2) is 6.20 Å². The summed E-state index contributed by atoms with van der Waals surface area (Å²) in [7, 11) is 2.08. The summed E-state index contributed by atoms with van der Waals surface area (Å²) in [5.41, 5.74) is 7.77. The van der Waals surface area contributed by atoms with Crippen LogP contribution in [-0.2, 0) is 7.05 Å². The molecule has 2 aromatic carbocycles. The second-order valence-corrected chi connectivity index (χ2v) is 7.16. The highest BCUT2D eigenvalue weighted by atomic mass is 14.9. The van der Waals surface area contributed by atoms with Crippen LogP contribution >= 0.6 is 0 Å². The van der Waals surface area contributed by atoms with E-state index < -0.39 is 0 Å². The van der Waals surface area contributed by atoms with E-state index in [9.17, 15) is 0 Å². The van der Waals surface area contributed by atoms with Gasteiger partial charge in [-0.3, -0.25) is 9.97 Å². The Morgan fingerprint density at radius 2 is 1.64 bits per heavy atom. The van der Waals surface area contributed by atoms with E-state index in [4.69, 9.17) is 4.98 Å². The topological polar surface area (TPSA) is 29.7 Å². The lowest BCUT2D eigenvalue weighted by Gasteiger charge is -2.09. The summed E-state index contributed by atoms with van der Waals surface area (Å²) in [4.78, 5) is 9.40. The Morgan fingerprint density at radius 1 is 0.786 bits per heavy atom. The zero-order valence-electron chi connectivity index (χ0n) is 15.9. The Labute approximate surface area is 164 Å². The number of fused-ring (bicyclic) bond motifs is 3. The van der Waals surface area contributed by atoms with Crippen molar-refractivity contribution in [3.63, 3.8) is 0 Å². The Balaban J connectivity index is 1.67. The first-order valence-electron chi connectivity index (χ1n) is 9.40. The van der Waals surface area contributed by atoms with Crippen molar-refractivity contribution in [3.05, 3.63) is 90.9 Å². The number of aromatic nitrogens is 3. The molecule has 0 saturated carbocycles. The zero-order valence-corrected chi connectivity index (χ0v) is 15.9. The summed E-state index contributed by atoms with van der Waals surface area (Å²) < 4.78 is 2.15. The average Bonchev–Trinajstić information content (AvgIpc) is 2.74. The molecule has 3 nitrogen and oxygen atoms in total. The third-order valence-corrected chi connectivity index (χ3v) is 5.33. The number of nitrogens with zero attached hydrogens (tertiary/aromatic N) is 3. The van der Waals surface area contributed by atoms with Crippen LogP contribution in [-0.4, -0.2) is 9.97 Å². The summed E-state index contributed by atoms with van der Waals surface area (Å²) in [6.45, 7) is 2.15. The van der Waals surface area contributed by atoms with Crippen molar-refractivity contribution >= 4 is 21.8 Å². The fraction of sp³-hybridized carbons (Fsp3) is 0.0800. The van der Waals surface area contributed by atoms with Crippen LogP contribution in [0.5, 0.6) is 0 Å². The number of rotatable bonds is 2. The minimum Gasteiger partial charge on any atom is -0.254 e. The summed E-state index contributed by atoms with van der Waals surface area (Å²) in [6.07, 6.45) is 5.96. The van der Waals surface area contributed by atoms with Crippen LogP contribution in [0.15, 0.2) is 85.3 Å². The van der Waals surface area contributed by atoms with Gasteiger partial charge in [0.2, 0.25) is 5.69 Å². The SMILES string of the molecule is Cc1ccc(-c2cnc3c(c2)ncc2ccccc23)cc1-c1cccc[n+]1C. The van der Waals surface area contributed by atoms with Gasteiger partial charge in [-0.2, -0.15) is 0 Å². The standard InChI is InChI=1S/C25H20N3/c1-17-10-11-18(13-22(17)24-9-5-6-12-28(24)2)20-14-23-25(27-16-20)21-8-4-3-7-19(21)15-26-23/h3-16H,1-2H3/q+1. The highest BCUT2D eigenvalue weighted by molar-refractivity contribution is 6.03. The molecule has 0 unspecified atom stereocenters. The van der Waals surface area contributed by atoms with Gasteiger partial charge >= 0.3 is 0 Å². The maximum atomic E-state index is 4.76. The van der Waals surface area contributed by atoms with Crippen LogP contribution in [0, 0.1) is 6.92 Å². The first-order chi connectivity index (χ1) is 13.7. The van der Waals surface area contributed by atoms with Gasteiger partial charge < -0.3 is 0 Å². The van der Waals surface area contributed by atoms with Gasteiger partial charge in [0.25, 0.3) is 0 Å². The molecular weight excluding hydrogens is 342 g/mol. The number of hydrogen-bond donors (Lipinski definition) is 0. The second kappa shape index (κ2) is 6.54. The highest BCUT2D eigenvalue weighted by Crippen LogP contribution is 2.30. The summed E-state index contributed by atoms with van der Waals surface area (Å²) in [5.74, 6) is 0. The minimum absolute atomic E-state index is 0.920. The fourth-order valence-electron chi connectivity index (χ4n) is 3.76. The zero-order chi connectivity index (χ0) is 19.1. The van der Waals surface area contributed by atoms with Crippen molar-refractivity contribution in [1.29, 1.82) is 0 Å². The summed E-state index contributed by atoms with van der Waals surface area (Å²) in [6, 6.07) is 23.2. The minimum atomic E-state index is 0.920. The van der Waals surface area contributed by atoms with E-state index in [0.29, 0.717) is 0 Å². The van der Waals surface area contributed by atoms with Gasteiger partial charge in [-0.15, -0.1) is 0 Å². The molecule has 28 heavy (non-hydrogen) atoms. The van der Waals surface area contributed by atoms with E-state index in [0.717, 1.165) is 32.9 Å². The molecule has 5 rings (SSSR count). The first kappa shape index (κ1) is 16.6. The molecule has 5 aromatic rings. The molecule has 0 atom stereocenters. The molecule has 3 heterocycles. The third kappa shape index (κ3) is 2.72. The average molecular weight is 362 g/mol. The second-order valence-electron chi connectivity index (χ2n) is 7.16. The van der Waals surface area contributed by atoms with Crippen molar-refractivity contribution in [2.75, 3.05) is 0 Å². The highest BCUT2D eigenvalue weighted by Gasteiger charge is 2.13. The van der Waals surface area contributed by atoms with Gasteiger partial charge in [0, 0.05) is 46.4 Å². The predicted molar refractivity (Wildman–Crippen MR) is 114 cm³/mol. The molecule has 0 bridgehead atoms.